The van der Waals surface area contributed by atoms with Crippen LogP contribution in [0.3, 0.4) is 0 Å². The number of anilines is 2. The van der Waals surface area contributed by atoms with E-state index >= 15 is 0 Å². The second-order valence-electron chi connectivity index (χ2n) is 12.9. The first-order chi connectivity index (χ1) is 25.0. The van der Waals surface area contributed by atoms with Crippen molar-refractivity contribution >= 4 is 38.4 Å². The average molecular weight is 760 g/mol. The number of pyridine rings is 1. The topological polar surface area (TPSA) is 175 Å². The number of benzene rings is 2. The molecule has 3 N–H and O–H groups in total. The number of nitrogens with zero attached hydrogens (tertiary/aromatic N) is 5. The summed E-state index contributed by atoms with van der Waals surface area (Å²) in [5.41, 5.74) is 8.92. The number of aromatic nitrogens is 5. The van der Waals surface area contributed by atoms with Crippen LogP contribution >= 0.6 is 0 Å². The summed E-state index contributed by atoms with van der Waals surface area (Å²) >= 11 is 0. The molecular weight excluding hydrogens is 719 g/mol. The van der Waals surface area contributed by atoms with E-state index in [9.17, 15) is 26.4 Å². The fraction of sp³-hybridized carbons (Fsp3) is 0.371. The number of nitrogen functional groups attached to an aromatic ring is 1. The van der Waals surface area contributed by atoms with E-state index in [0.29, 0.717) is 52.0 Å². The molecule has 0 saturated heterocycles. The van der Waals surface area contributed by atoms with Crippen molar-refractivity contribution in [3.8, 4) is 28.1 Å². The standard InChI is InChI=1S/C35H40F3N7O7S/c1-21(22-6-9-25(36)10-7-22)51-28-16-23(8-11-27(28)43-53(47,48)34(37)38)31-30-32(44(5)42-31)26(18-40-33(30)39)24-17-41-45(19-24)12-13-49-14-15-50-20-29(46)52-35(2,3)4/h6-11,16-19,21,34,43H,12-15,20H2,1-5H3,(H2,39,40). The molecule has 3 aromatic heterocycles. The van der Waals surface area contributed by atoms with Crippen molar-refractivity contribution < 1.29 is 45.3 Å². The molecule has 0 radical (unpaired) electrons. The molecule has 0 aliphatic carbocycles. The predicted octanol–water partition coefficient (Wildman–Crippen LogP) is 5.70. The van der Waals surface area contributed by atoms with Crippen molar-refractivity contribution in [2.45, 2.75) is 51.7 Å². The molecule has 53 heavy (non-hydrogen) atoms. The first-order valence-electron chi connectivity index (χ1n) is 16.4. The Hall–Kier alpha value is -5.20. The van der Waals surface area contributed by atoms with Crippen LogP contribution in [0.15, 0.2) is 61.1 Å². The zero-order valence-corrected chi connectivity index (χ0v) is 30.5. The summed E-state index contributed by atoms with van der Waals surface area (Å²) in [6.07, 6.45) is 4.34. The highest BCUT2D eigenvalue weighted by Crippen LogP contribution is 2.40. The van der Waals surface area contributed by atoms with Crippen LogP contribution in [0.2, 0.25) is 0 Å². The van der Waals surface area contributed by atoms with E-state index in [4.69, 9.17) is 29.8 Å². The Bertz CT molecular complexity index is 2170. The van der Waals surface area contributed by atoms with Gasteiger partial charge in [-0.1, -0.05) is 18.2 Å². The monoisotopic (exact) mass is 759 g/mol. The highest BCUT2D eigenvalue weighted by Gasteiger charge is 2.27. The van der Waals surface area contributed by atoms with Crippen LogP contribution in [0.25, 0.3) is 33.3 Å². The predicted molar refractivity (Wildman–Crippen MR) is 191 cm³/mol. The summed E-state index contributed by atoms with van der Waals surface area (Å²) in [5.74, 6) is -4.52. The third-order valence-electron chi connectivity index (χ3n) is 7.70. The minimum Gasteiger partial charge on any atom is -0.484 e. The molecule has 0 amide bonds. The Morgan fingerprint density at radius 1 is 1.02 bits per heavy atom. The van der Waals surface area contributed by atoms with E-state index in [1.165, 1.54) is 42.5 Å². The van der Waals surface area contributed by atoms with Crippen molar-refractivity contribution in [3.05, 3.63) is 72.4 Å². The van der Waals surface area contributed by atoms with Gasteiger partial charge in [-0.05, 0) is 57.5 Å². The molecule has 0 bridgehead atoms. The number of ether oxygens (including phenoxy) is 4. The number of aryl methyl sites for hydroxylation is 1. The number of hydrogen-bond donors (Lipinski definition) is 2. The molecular formula is C35H40F3N7O7S. The molecule has 0 aliphatic rings. The molecule has 5 aromatic rings. The second kappa shape index (κ2) is 16.2. The minimum absolute atomic E-state index is 0.0804. The van der Waals surface area contributed by atoms with Gasteiger partial charge in [0.25, 0.3) is 10.0 Å². The van der Waals surface area contributed by atoms with Gasteiger partial charge in [-0.25, -0.2) is 22.6 Å². The molecule has 0 spiro atoms. The van der Waals surface area contributed by atoms with Crippen LogP contribution in [0, 0.1) is 5.82 Å². The van der Waals surface area contributed by atoms with E-state index in [1.54, 1.807) is 56.5 Å². The Labute approximate surface area is 304 Å². The van der Waals surface area contributed by atoms with Crippen LogP contribution < -0.4 is 15.2 Å². The highest BCUT2D eigenvalue weighted by atomic mass is 32.2. The molecule has 284 valence electrons. The van der Waals surface area contributed by atoms with Gasteiger partial charge in [0.2, 0.25) is 0 Å². The zero-order valence-electron chi connectivity index (χ0n) is 29.7. The van der Waals surface area contributed by atoms with Crippen LogP contribution in [0.5, 0.6) is 5.75 Å². The summed E-state index contributed by atoms with van der Waals surface area (Å²) in [4.78, 5) is 16.2. The lowest BCUT2D eigenvalue weighted by Crippen LogP contribution is -2.27. The molecule has 14 nitrogen and oxygen atoms in total. The lowest BCUT2D eigenvalue weighted by atomic mass is 10.0. The number of nitrogens with one attached hydrogen (secondary N) is 1. The summed E-state index contributed by atoms with van der Waals surface area (Å²) in [6, 6.07) is 9.71. The first kappa shape index (κ1) is 39.0. The van der Waals surface area contributed by atoms with E-state index in [1.807, 2.05) is 10.9 Å². The van der Waals surface area contributed by atoms with Gasteiger partial charge in [0.05, 0.1) is 49.2 Å². The third-order valence-corrected chi connectivity index (χ3v) is 8.67. The van der Waals surface area contributed by atoms with E-state index in [2.05, 4.69) is 10.1 Å². The van der Waals surface area contributed by atoms with Gasteiger partial charge < -0.3 is 24.7 Å². The minimum atomic E-state index is -5.05. The lowest BCUT2D eigenvalue weighted by Gasteiger charge is -2.19. The summed E-state index contributed by atoms with van der Waals surface area (Å²) in [7, 11) is -3.33. The second-order valence-corrected chi connectivity index (χ2v) is 14.6. The van der Waals surface area contributed by atoms with E-state index in [-0.39, 0.29) is 37.1 Å². The fourth-order valence-electron chi connectivity index (χ4n) is 5.32. The third kappa shape index (κ3) is 9.82. The average Bonchev–Trinajstić information content (AvgIpc) is 3.70. The Balaban J connectivity index is 1.36. The van der Waals surface area contributed by atoms with Crippen LogP contribution in [0.4, 0.5) is 24.7 Å². The summed E-state index contributed by atoms with van der Waals surface area (Å²) in [6.45, 7) is 8.07. The molecule has 1 unspecified atom stereocenters. The van der Waals surface area contributed by atoms with Crippen LogP contribution in [-0.2, 0) is 42.6 Å². The van der Waals surface area contributed by atoms with Crippen LogP contribution in [-0.4, -0.2) is 76.7 Å². The van der Waals surface area contributed by atoms with Gasteiger partial charge in [0, 0.05) is 36.1 Å². The Morgan fingerprint density at radius 3 is 2.43 bits per heavy atom. The van der Waals surface area contributed by atoms with Crippen molar-refractivity contribution in [2.75, 3.05) is 36.9 Å². The van der Waals surface area contributed by atoms with Gasteiger partial charge in [0.15, 0.2) is 0 Å². The van der Waals surface area contributed by atoms with Crippen molar-refractivity contribution in [3.63, 3.8) is 0 Å². The Kier molecular flexibility index (Phi) is 11.9. The SMILES string of the molecule is CC(Oc1cc(-c2nn(C)c3c(-c4cnn(CCOCCOCC(=O)OC(C)(C)C)c4)cnc(N)c23)ccc1NS(=O)(=O)C(F)F)c1ccc(F)cc1. The van der Waals surface area contributed by atoms with Crippen molar-refractivity contribution in [1.29, 1.82) is 0 Å². The molecule has 0 saturated carbocycles. The van der Waals surface area contributed by atoms with Gasteiger partial charge in [0.1, 0.15) is 41.4 Å². The zero-order chi connectivity index (χ0) is 38.5. The number of hydrogen-bond acceptors (Lipinski definition) is 11. The maximum absolute atomic E-state index is 13.6. The maximum atomic E-state index is 13.6. The van der Waals surface area contributed by atoms with Crippen molar-refractivity contribution in [2.24, 2.45) is 7.05 Å². The fourth-order valence-corrected chi connectivity index (χ4v) is 5.88. The molecule has 18 heteroatoms. The number of alkyl halides is 2. The van der Waals surface area contributed by atoms with Gasteiger partial charge in [-0.15, -0.1) is 0 Å². The Morgan fingerprint density at radius 2 is 1.74 bits per heavy atom. The molecule has 0 aliphatic heterocycles. The number of carbonyl (C=O) groups excluding carboxylic acids is 1. The first-order valence-corrected chi connectivity index (χ1v) is 17.9. The number of halogens is 3. The van der Waals surface area contributed by atoms with Crippen molar-refractivity contribution in [1.82, 2.24) is 24.5 Å². The highest BCUT2D eigenvalue weighted by molar-refractivity contribution is 7.93. The largest absolute Gasteiger partial charge is 0.484 e. The van der Waals surface area contributed by atoms with Gasteiger partial charge in [-0.3, -0.25) is 14.1 Å². The molecule has 5 rings (SSSR count). The molecule has 3 heterocycles. The van der Waals surface area contributed by atoms with E-state index in [0.717, 1.165) is 0 Å². The van der Waals surface area contributed by atoms with Crippen LogP contribution in [0.1, 0.15) is 39.4 Å². The number of fused-ring (bicyclic) bond motifs is 1. The molecule has 2 aromatic carbocycles. The molecule has 1 atom stereocenters. The molecule has 0 fully saturated rings. The number of esters is 1. The summed E-state index contributed by atoms with van der Waals surface area (Å²) < 4.78 is 91.9. The lowest BCUT2D eigenvalue weighted by molar-refractivity contribution is -0.160. The normalized spacial score (nSPS) is 12.7. The number of carbonyl (C=O) groups is 1. The quantitative estimate of drug-likeness (QED) is 0.0933. The number of sulfonamides is 1. The maximum Gasteiger partial charge on any atom is 0.355 e. The number of rotatable bonds is 16. The number of nitrogens with two attached hydrogens (primary N) is 1. The van der Waals surface area contributed by atoms with E-state index < -0.39 is 39.3 Å². The van der Waals surface area contributed by atoms with Gasteiger partial charge in [-0.2, -0.15) is 19.0 Å². The van der Waals surface area contributed by atoms with Gasteiger partial charge >= 0.3 is 11.7 Å². The summed E-state index contributed by atoms with van der Waals surface area (Å²) in [5, 5.41) is 9.61. The smallest absolute Gasteiger partial charge is 0.355 e.